The Labute approximate surface area is 105 Å². The fourth-order valence-corrected chi connectivity index (χ4v) is 1.69. The molecule has 96 valence electrons. The zero-order chi connectivity index (χ0) is 13.0. The van der Waals surface area contributed by atoms with E-state index in [4.69, 9.17) is 10.5 Å². The number of ether oxygens (including phenoxy) is 1. The van der Waals surface area contributed by atoms with Crippen LogP contribution in [0.3, 0.4) is 0 Å². The molecule has 0 aliphatic rings. The summed E-state index contributed by atoms with van der Waals surface area (Å²) in [5.41, 5.74) is 6.61. The molecule has 1 atom stereocenters. The molecule has 0 radical (unpaired) electrons. The molecular weight excluding hydrogens is 233 g/mol. The molecule has 2 N–H and O–H groups in total. The average Bonchev–Trinajstić information content (AvgIpc) is 2.82. The van der Waals surface area contributed by atoms with Gasteiger partial charge >= 0.3 is 0 Å². The molecule has 5 heteroatoms. The van der Waals surface area contributed by atoms with Crippen LogP contribution in [0.4, 0.5) is 4.39 Å². The molecule has 1 heterocycles. The molecule has 2 rings (SSSR count). The minimum atomic E-state index is -0.325. The van der Waals surface area contributed by atoms with Crippen molar-refractivity contribution >= 4 is 0 Å². The monoisotopic (exact) mass is 249 g/mol. The van der Waals surface area contributed by atoms with E-state index in [1.807, 2.05) is 19.2 Å². The summed E-state index contributed by atoms with van der Waals surface area (Å²) in [6.07, 6.45) is 3.55. The van der Waals surface area contributed by atoms with Crippen LogP contribution in [-0.2, 0) is 6.54 Å². The Kier molecular flexibility index (Phi) is 3.94. The normalized spacial score (nSPS) is 12.4. The SMILES string of the molecule is C[C@@H](N)c1ccc(F)cc1OCCn1cccn1. The predicted octanol–water partition coefficient (Wildman–Crippen LogP) is 2.12. The zero-order valence-electron chi connectivity index (χ0n) is 10.2. The molecule has 0 saturated heterocycles. The van der Waals surface area contributed by atoms with Crippen molar-refractivity contribution in [2.45, 2.75) is 19.5 Å². The van der Waals surface area contributed by atoms with Gasteiger partial charge in [0.2, 0.25) is 0 Å². The van der Waals surface area contributed by atoms with Gasteiger partial charge in [0.1, 0.15) is 18.2 Å². The second-order valence-corrected chi connectivity index (χ2v) is 4.09. The van der Waals surface area contributed by atoms with Crippen molar-refractivity contribution in [3.05, 3.63) is 48.0 Å². The molecule has 0 amide bonds. The smallest absolute Gasteiger partial charge is 0.127 e. The number of hydrogen-bond donors (Lipinski definition) is 1. The topological polar surface area (TPSA) is 53.1 Å². The third kappa shape index (κ3) is 3.07. The lowest BCUT2D eigenvalue weighted by Gasteiger charge is -2.14. The van der Waals surface area contributed by atoms with E-state index in [0.29, 0.717) is 18.9 Å². The largest absolute Gasteiger partial charge is 0.491 e. The Hall–Kier alpha value is -1.88. The first-order valence-electron chi connectivity index (χ1n) is 5.82. The second kappa shape index (κ2) is 5.64. The van der Waals surface area contributed by atoms with E-state index in [1.165, 1.54) is 12.1 Å². The van der Waals surface area contributed by atoms with Crippen molar-refractivity contribution in [1.82, 2.24) is 9.78 Å². The molecule has 18 heavy (non-hydrogen) atoms. The van der Waals surface area contributed by atoms with Crippen LogP contribution in [0.1, 0.15) is 18.5 Å². The summed E-state index contributed by atoms with van der Waals surface area (Å²) in [5.74, 6) is 0.172. The van der Waals surface area contributed by atoms with Crippen LogP contribution in [0.15, 0.2) is 36.7 Å². The standard InChI is InChI=1S/C13H16FN3O/c1-10(15)12-4-3-11(14)9-13(12)18-8-7-17-6-2-5-16-17/h2-6,9-10H,7-8,15H2,1H3/t10-/m1/s1. The van der Waals surface area contributed by atoms with Crippen LogP contribution < -0.4 is 10.5 Å². The van der Waals surface area contributed by atoms with E-state index >= 15 is 0 Å². The first-order chi connectivity index (χ1) is 8.66. The van der Waals surface area contributed by atoms with Gasteiger partial charge in [-0.2, -0.15) is 5.10 Å². The van der Waals surface area contributed by atoms with Crippen molar-refractivity contribution in [2.75, 3.05) is 6.61 Å². The van der Waals surface area contributed by atoms with Gasteiger partial charge in [-0.05, 0) is 19.1 Å². The molecule has 1 aromatic heterocycles. The highest BCUT2D eigenvalue weighted by atomic mass is 19.1. The van der Waals surface area contributed by atoms with Crippen LogP contribution in [0.2, 0.25) is 0 Å². The van der Waals surface area contributed by atoms with E-state index in [0.717, 1.165) is 5.56 Å². The first-order valence-corrected chi connectivity index (χ1v) is 5.82. The number of nitrogens with zero attached hydrogens (tertiary/aromatic N) is 2. The molecule has 2 aromatic rings. The summed E-state index contributed by atoms with van der Waals surface area (Å²) in [5, 5.41) is 4.06. The number of benzene rings is 1. The van der Waals surface area contributed by atoms with Crippen LogP contribution in [0.5, 0.6) is 5.75 Å². The van der Waals surface area contributed by atoms with Gasteiger partial charge in [-0.25, -0.2) is 4.39 Å². The molecular formula is C13H16FN3O. The van der Waals surface area contributed by atoms with E-state index in [9.17, 15) is 4.39 Å². The Morgan fingerprint density at radius 1 is 1.50 bits per heavy atom. The number of hydrogen-bond acceptors (Lipinski definition) is 3. The second-order valence-electron chi connectivity index (χ2n) is 4.09. The van der Waals surface area contributed by atoms with Crippen molar-refractivity contribution in [3.63, 3.8) is 0 Å². The highest BCUT2D eigenvalue weighted by Crippen LogP contribution is 2.24. The van der Waals surface area contributed by atoms with E-state index < -0.39 is 0 Å². The van der Waals surface area contributed by atoms with E-state index in [-0.39, 0.29) is 11.9 Å². The summed E-state index contributed by atoms with van der Waals surface area (Å²) in [6.45, 7) is 2.88. The van der Waals surface area contributed by atoms with Gasteiger partial charge in [-0.3, -0.25) is 4.68 Å². The Balaban J connectivity index is 2.01. The van der Waals surface area contributed by atoms with Gasteiger partial charge in [0.15, 0.2) is 0 Å². The quantitative estimate of drug-likeness (QED) is 0.883. The molecule has 0 unspecified atom stereocenters. The Morgan fingerprint density at radius 3 is 3.00 bits per heavy atom. The highest BCUT2D eigenvalue weighted by molar-refractivity contribution is 5.36. The maximum atomic E-state index is 13.2. The van der Waals surface area contributed by atoms with Crippen LogP contribution in [0, 0.1) is 5.82 Å². The molecule has 0 spiro atoms. The van der Waals surface area contributed by atoms with Crippen molar-refractivity contribution < 1.29 is 9.13 Å². The molecule has 4 nitrogen and oxygen atoms in total. The molecule has 0 aliphatic heterocycles. The number of rotatable bonds is 5. The molecule has 0 saturated carbocycles. The van der Waals surface area contributed by atoms with Gasteiger partial charge < -0.3 is 10.5 Å². The maximum absolute atomic E-state index is 13.2. The number of nitrogens with two attached hydrogens (primary N) is 1. The molecule has 0 aliphatic carbocycles. The summed E-state index contributed by atoms with van der Waals surface area (Å²) >= 11 is 0. The molecule has 0 fully saturated rings. The van der Waals surface area contributed by atoms with Gasteiger partial charge in [0, 0.05) is 30.1 Å². The number of halogens is 1. The zero-order valence-corrected chi connectivity index (χ0v) is 10.2. The minimum Gasteiger partial charge on any atom is -0.491 e. The van der Waals surface area contributed by atoms with Crippen molar-refractivity contribution in [2.24, 2.45) is 5.73 Å². The van der Waals surface area contributed by atoms with Gasteiger partial charge in [0.05, 0.1) is 6.54 Å². The lowest BCUT2D eigenvalue weighted by molar-refractivity contribution is 0.286. The number of aromatic nitrogens is 2. The predicted molar refractivity (Wildman–Crippen MR) is 66.7 cm³/mol. The third-order valence-electron chi connectivity index (χ3n) is 2.60. The van der Waals surface area contributed by atoms with Crippen molar-refractivity contribution in [3.8, 4) is 5.75 Å². The summed E-state index contributed by atoms with van der Waals surface area (Å²) < 4.78 is 20.5. The summed E-state index contributed by atoms with van der Waals surface area (Å²) in [6, 6.07) is 6.06. The fraction of sp³-hybridized carbons (Fsp3) is 0.308. The molecule has 0 bridgehead atoms. The highest BCUT2D eigenvalue weighted by Gasteiger charge is 2.09. The maximum Gasteiger partial charge on any atom is 0.127 e. The Bertz CT molecular complexity index is 497. The third-order valence-corrected chi connectivity index (χ3v) is 2.60. The van der Waals surface area contributed by atoms with Crippen LogP contribution in [0.25, 0.3) is 0 Å². The molecule has 1 aromatic carbocycles. The van der Waals surface area contributed by atoms with E-state index in [2.05, 4.69) is 5.10 Å². The summed E-state index contributed by atoms with van der Waals surface area (Å²) in [7, 11) is 0. The summed E-state index contributed by atoms with van der Waals surface area (Å²) in [4.78, 5) is 0. The lowest BCUT2D eigenvalue weighted by Crippen LogP contribution is -2.12. The van der Waals surface area contributed by atoms with Crippen LogP contribution in [-0.4, -0.2) is 16.4 Å². The minimum absolute atomic E-state index is 0.190. The average molecular weight is 249 g/mol. The van der Waals surface area contributed by atoms with Crippen molar-refractivity contribution in [1.29, 1.82) is 0 Å². The fourth-order valence-electron chi connectivity index (χ4n) is 1.69. The lowest BCUT2D eigenvalue weighted by atomic mass is 10.1. The van der Waals surface area contributed by atoms with Gasteiger partial charge in [-0.15, -0.1) is 0 Å². The first kappa shape index (κ1) is 12.6. The van der Waals surface area contributed by atoms with Gasteiger partial charge in [0.25, 0.3) is 0 Å². The Morgan fingerprint density at radius 2 is 2.33 bits per heavy atom. The van der Waals surface area contributed by atoms with Crippen LogP contribution >= 0.6 is 0 Å². The van der Waals surface area contributed by atoms with E-state index in [1.54, 1.807) is 16.9 Å². The van der Waals surface area contributed by atoms with Gasteiger partial charge in [-0.1, -0.05) is 6.07 Å².